The summed E-state index contributed by atoms with van der Waals surface area (Å²) in [6.07, 6.45) is 2.74. The minimum atomic E-state index is -1.43. The third kappa shape index (κ3) is 8.81. The zero-order valence-electron chi connectivity index (χ0n) is 35.4. The first kappa shape index (κ1) is 44.8. The van der Waals surface area contributed by atoms with Gasteiger partial charge in [0.05, 0.1) is 50.3 Å². The van der Waals surface area contributed by atoms with Crippen molar-refractivity contribution >= 4 is 35.8 Å². The minimum Gasteiger partial charge on any atom is -0.460 e. The van der Waals surface area contributed by atoms with Gasteiger partial charge in [-0.05, 0) is 78.2 Å². The molecule has 0 aromatic heterocycles. The number of amides is 6. The monoisotopic (exact) mass is 810 g/mol. The Balaban J connectivity index is 1.24. The number of hydrogen-bond acceptors (Lipinski definition) is 11. The lowest BCUT2D eigenvalue weighted by atomic mass is 9.82. The number of carbonyl (C=O) groups is 6. The standard InChI is InChI=1S/C43H62N4O11/c1-10-19-43(8,58-37(52)33-29-18-17-28(20-29)32(33)36(51)57-26(3)25-56-9)21-30(48)22-45-38(53)42(6,7)46(39(45)54)24-31(49)23-44-35(50)34(27-15-13-12-14-16-27)47(40(44)55)41(4,5)11-2/h12-18,26,28-34,48-49H,10-11,19-25H2,1-9H3. The number of methoxy groups -OCH3 is 1. The van der Waals surface area contributed by atoms with E-state index in [1.165, 1.54) is 30.8 Å². The van der Waals surface area contributed by atoms with Gasteiger partial charge in [-0.25, -0.2) is 9.59 Å². The summed E-state index contributed by atoms with van der Waals surface area (Å²) in [6.45, 7) is 13.1. The first-order valence-corrected chi connectivity index (χ1v) is 20.5. The van der Waals surface area contributed by atoms with Gasteiger partial charge in [-0.1, -0.05) is 62.8 Å². The number of nitrogens with zero attached hydrogens (tertiary/aromatic N) is 4. The largest absolute Gasteiger partial charge is 0.460 e. The number of imide groups is 2. The molecule has 15 heteroatoms. The third-order valence-corrected chi connectivity index (χ3v) is 12.4. The van der Waals surface area contributed by atoms with Crippen molar-refractivity contribution in [3.8, 4) is 0 Å². The van der Waals surface area contributed by atoms with E-state index < -0.39 is 102 Å². The fourth-order valence-electron chi connectivity index (χ4n) is 9.15. The molecular formula is C43H62N4O11. The van der Waals surface area contributed by atoms with Crippen LogP contribution >= 0.6 is 0 Å². The highest BCUT2D eigenvalue weighted by Gasteiger charge is 2.56. The molecule has 58 heavy (non-hydrogen) atoms. The molecule has 2 N–H and O–H groups in total. The van der Waals surface area contributed by atoms with Gasteiger partial charge in [0.2, 0.25) is 0 Å². The molecule has 0 radical (unpaired) electrons. The van der Waals surface area contributed by atoms with Crippen molar-refractivity contribution in [3.63, 3.8) is 0 Å². The quantitative estimate of drug-likeness (QED) is 0.114. The summed E-state index contributed by atoms with van der Waals surface area (Å²) in [5.74, 6) is -3.98. The molecule has 1 aromatic carbocycles. The highest BCUT2D eigenvalue weighted by Crippen LogP contribution is 2.50. The van der Waals surface area contributed by atoms with Crippen LogP contribution in [0.2, 0.25) is 0 Å². The van der Waals surface area contributed by atoms with Crippen LogP contribution in [0.1, 0.15) is 99.1 Å². The predicted molar refractivity (Wildman–Crippen MR) is 212 cm³/mol. The summed E-state index contributed by atoms with van der Waals surface area (Å²) >= 11 is 0. The number of fused-ring (bicyclic) bond motifs is 2. The molecule has 2 bridgehead atoms. The van der Waals surface area contributed by atoms with Crippen molar-refractivity contribution in [3.05, 3.63) is 48.0 Å². The van der Waals surface area contributed by atoms with E-state index in [-0.39, 0.29) is 31.4 Å². The van der Waals surface area contributed by atoms with Crippen molar-refractivity contribution in [2.75, 3.05) is 33.4 Å². The Kier molecular flexibility index (Phi) is 13.5. The first-order chi connectivity index (χ1) is 27.2. The average Bonchev–Trinajstić information content (AvgIpc) is 3.88. The summed E-state index contributed by atoms with van der Waals surface area (Å²) in [7, 11) is 1.51. The Labute approximate surface area is 341 Å². The number of carbonyl (C=O) groups excluding carboxylic acids is 6. The first-order valence-electron chi connectivity index (χ1n) is 20.5. The Hall–Kier alpha value is -4.34. The zero-order valence-corrected chi connectivity index (χ0v) is 35.4. The molecule has 15 nitrogen and oxygen atoms in total. The van der Waals surface area contributed by atoms with Gasteiger partial charge in [0.25, 0.3) is 11.8 Å². The van der Waals surface area contributed by atoms with Gasteiger partial charge >= 0.3 is 24.0 Å². The number of esters is 2. The predicted octanol–water partition coefficient (Wildman–Crippen LogP) is 4.45. The average molecular weight is 811 g/mol. The number of benzene rings is 1. The van der Waals surface area contributed by atoms with E-state index in [2.05, 4.69) is 0 Å². The number of allylic oxidation sites excluding steroid dienone is 2. The van der Waals surface area contributed by atoms with Crippen molar-refractivity contribution in [2.24, 2.45) is 23.7 Å². The molecular weight excluding hydrogens is 748 g/mol. The molecule has 2 aliphatic carbocycles. The topological polar surface area (TPSA) is 184 Å². The molecule has 9 atom stereocenters. The van der Waals surface area contributed by atoms with Crippen LogP contribution in [0.15, 0.2) is 42.5 Å². The summed E-state index contributed by atoms with van der Waals surface area (Å²) in [5.41, 5.74) is -2.68. The Morgan fingerprint density at radius 3 is 2.07 bits per heavy atom. The number of aliphatic hydroxyl groups is 2. The highest BCUT2D eigenvalue weighted by molar-refractivity contribution is 6.07. The zero-order chi connectivity index (χ0) is 42.9. The van der Waals surface area contributed by atoms with Crippen molar-refractivity contribution in [1.82, 2.24) is 19.6 Å². The smallest absolute Gasteiger partial charge is 0.328 e. The van der Waals surface area contributed by atoms with E-state index in [1.807, 2.05) is 45.9 Å². The number of urea groups is 2. The Morgan fingerprint density at radius 2 is 1.48 bits per heavy atom. The lowest BCUT2D eigenvalue weighted by molar-refractivity contribution is -0.176. The van der Waals surface area contributed by atoms with Crippen molar-refractivity contribution in [2.45, 2.75) is 129 Å². The summed E-state index contributed by atoms with van der Waals surface area (Å²) < 4.78 is 16.9. The number of β-amino-alcohol motifs (C(OH)–C–C–N with tert-alkyl or cyclic N) is 2. The second kappa shape index (κ2) is 17.5. The van der Waals surface area contributed by atoms with Gasteiger partial charge < -0.3 is 34.2 Å². The van der Waals surface area contributed by atoms with Gasteiger partial charge in [0, 0.05) is 19.1 Å². The van der Waals surface area contributed by atoms with Gasteiger partial charge in [0.15, 0.2) is 0 Å². The Morgan fingerprint density at radius 1 is 0.879 bits per heavy atom. The molecule has 1 saturated carbocycles. The molecule has 320 valence electrons. The van der Waals surface area contributed by atoms with Crippen LogP contribution in [0.5, 0.6) is 0 Å². The number of hydrogen-bond donors (Lipinski definition) is 2. The molecule has 6 amide bonds. The van der Waals surface area contributed by atoms with Gasteiger partial charge in [-0.2, -0.15) is 0 Å². The summed E-state index contributed by atoms with van der Waals surface area (Å²) in [4.78, 5) is 87.1. The normalized spacial score (nSPS) is 26.7. The maximum Gasteiger partial charge on any atom is 0.328 e. The minimum absolute atomic E-state index is 0.101. The highest BCUT2D eigenvalue weighted by atomic mass is 16.6. The summed E-state index contributed by atoms with van der Waals surface area (Å²) in [5, 5.41) is 22.7. The maximum atomic E-state index is 13.9. The van der Waals surface area contributed by atoms with E-state index in [4.69, 9.17) is 14.2 Å². The van der Waals surface area contributed by atoms with E-state index >= 15 is 0 Å². The van der Waals surface area contributed by atoms with E-state index in [9.17, 15) is 39.0 Å². The molecule has 2 heterocycles. The van der Waals surface area contributed by atoms with Crippen LogP contribution in [0.4, 0.5) is 9.59 Å². The molecule has 1 aromatic rings. The second-order valence-electron chi connectivity index (χ2n) is 17.8. The van der Waals surface area contributed by atoms with Crippen LogP contribution in [-0.2, 0) is 33.4 Å². The molecule has 2 aliphatic heterocycles. The van der Waals surface area contributed by atoms with Crippen LogP contribution in [0, 0.1) is 23.7 Å². The van der Waals surface area contributed by atoms with E-state index in [0.717, 1.165) is 9.80 Å². The SMILES string of the molecule is CCCC(C)(CC(O)CN1C(=O)N(CC(O)CN2C(=O)C(c3ccccc3)N(C(C)(C)CC)C2=O)C(C)(C)C1=O)OC(=O)C1C2C=CC(C2)C1C(=O)OC(C)COC. The Bertz CT molecular complexity index is 1750. The van der Waals surface area contributed by atoms with Gasteiger partial charge in [0.1, 0.15) is 23.3 Å². The van der Waals surface area contributed by atoms with E-state index in [1.54, 1.807) is 38.1 Å². The molecule has 9 unspecified atom stereocenters. The molecule has 3 fully saturated rings. The van der Waals surface area contributed by atoms with Crippen molar-refractivity contribution in [1.29, 1.82) is 0 Å². The van der Waals surface area contributed by atoms with Gasteiger partial charge in [-0.15, -0.1) is 0 Å². The number of rotatable bonds is 19. The fraction of sp³-hybridized carbons (Fsp3) is 0.674. The van der Waals surface area contributed by atoms with Crippen LogP contribution in [0.3, 0.4) is 0 Å². The van der Waals surface area contributed by atoms with E-state index in [0.29, 0.717) is 31.2 Å². The second-order valence-corrected chi connectivity index (χ2v) is 17.8. The lowest BCUT2D eigenvalue weighted by Gasteiger charge is -2.37. The lowest BCUT2D eigenvalue weighted by Crippen LogP contribution is -2.51. The van der Waals surface area contributed by atoms with Crippen LogP contribution in [0.25, 0.3) is 0 Å². The third-order valence-electron chi connectivity index (χ3n) is 12.4. The summed E-state index contributed by atoms with van der Waals surface area (Å²) in [6, 6.07) is 6.75. The van der Waals surface area contributed by atoms with Crippen molar-refractivity contribution < 1.29 is 53.2 Å². The van der Waals surface area contributed by atoms with Crippen LogP contribution in [-0.4, -0.2) is 134 Å². The fourth-order valence-corrected chi connectivity index (χ4v) is 9.15. The molecule has 4 aliphatic rings. The van der Waals surface area contributed by atoms with Gasteiger partial charge in [-0.3, -0.25) is 29.0 Å². The molecule has 0 spiro atoms. The molecule has 2 saturated heterocycles. The number of ether oxygens (including phenoxy) is 3. The number of aliphatic hydroxyl groups excluding tert-OH is 2. The maximum absolute atomic E-state index is 13.9. The molecule has 5 rings (SSSR count). The van der Waals surface area contributed by atoms with Crippen LogP contribution < -0.4 is 0 Å².